The van der Waals surface area contributed by atoms with Gasteiger partial charge in [0.2, 0.25) is 11.7 Å². The van der Waals surface area contributed by atoms with E-state index in [1.54, 1.807) is 12.2 Å². The number of aliphatic hydroxyl groups is 3. The van der Waals surface area contributed by atoms with Gasteiger partial charge in [-0.15, -0.1) is 0 Å². The highest BCUT2D eigenvalue weighted by Crippen LogP contribution is 2.65. The van der Waals surface area contributed by atoms with Crippen LogP contribution in [0.5, 0.6) is 0 Å². The predicted molar refractivity (Wildman–Crippen MR) is 232 cm³/mol. The van der Waals surface area contributed by atoms with Crippen molar-refractivity contribution in [2.24, 2.45) is 34.5 Å². The molecule has 11 atom stereocenters. The number of carbonyl (C=O) groups is 5. The molecule has 5 aliphatic rings. The van der Waals surface area contributed by atoms with E-state index in [0.717, 1.165) is 31.2 Å². The average molecular weight is 858 g/mol. The highest BCUT2D eigenvalue weighted by molar-refractivity contribution is 5.92. The second kappa shape index (κ2) is 20.4. The monoisotopic (exact) mass is 857 g/mol. The molecule has 3 saturated carbocycles. The smallest absolute Gasteiger partial charge is 0.455 e. The number of aryl methyl sites for hydroxylation is 1. The number of Topliss-reactive ketones (excluding diaryl/α,β-unsaturated/α-hetero) is 1. The van der Waals surface area contributed by atoms with Gasteiger partial charge in [0.25, 0.3) is 0 Å². The molecule has 62 heavy (non-hydrogen) atoms. The van der Waals surface area contributed by atoms with E-state index in [2.05, 4.69) is 18.3 Å². The van der Waals surface area contributed by atoms with Crippen molar-refractivity contribution in [1.82, 2.24) is 5.32 Å². The normalized spacial score (nSPS) is 32.5. The number of fused-ring (bicyclic) bond motifs is 5. The lowest BCUT2D eigenvalue weighted by molar-refractivity contribution is -0.160. The third-order valence-corrected chi connectivity index (χ3v) is 14.9. The summed E-state index contributed by atoms with van der Waals surface area (Å²) in [7, 11) is 0. The lowest BCUT2D eigenvalue weighted by Crippen LogP contribution is -2.55. The lowest BCUT2D eigenvalue weighted by Gasteiger charge is -2.54. The van der Waals surface area contributed by atoms with Crippen LogP contribution in [0.4, 0.5) is 4.79 Å². The fourth-order valence-electron chi connectivity index (χ4n) is 11.2. The first-order valence-corrected chi connectivity index (χ1v) is 22.8. The molecule has 0 spiro atoms. The number of rotatable bonds is 18. The molecule has 0 aliphatic heterocycles. The van der Waals surface area contributed by atoms with E-state index in [1.807, 2.05) is 62.4 Å². The van der Waals surface area contributed by atoms with Gasteiger partial charge in [0.05, 0.1) is 12.2 Å². The Kier molecular flexibility index (Phi) is 15.5. The van der Waals surface area contributed by atoms with E-state index in [-0.39, 0.29) is 47.7 Å². The number of aliphatic hydroxyl groups excluding tert-OH is 2. The molecular weight excluding hydrogens is 791 g/mol. The summed E-state index contributed by atoms with van der Waals surface area (Å²) in [6.45, 7) is 7.31. The Bertz CT molecular complexity index is 1920. The molecule has 0 heterocycles. The zero-order chi connectivity index (χ0) is 44.7. The van der Waals surface area contributed by atoms with E-state index in [4.69, 9.17) is 14.2 Å². The van der Waals surface area contributed by atoms with Crippen LogP contribution in [-0.4, -0.2) is 88.1 Å². The number of amides is 1. The Hall–Kier alpha value is -4.39. The van der Waals surface area contributed by atoms with Crippen LogP contribution in [0.3, 0.4) is 0 Å². The van der Waals surface area contributed by atoms with Gasteiger partial charge in [0, 0.05) is 42.6 Å². The quantitative estimate of drug-likeness (QED) is 0.0678. The Labute approximate surface area is 366 Å². The standard InChI is InChI=1S/C50H67NO11/c1-5-51-45(56)16-12-7-6-11-15-37-38(43(54)30-42(37)53)22-20-36(19-17-33-13-9-8-10-14-33)62-46(57)32(2)61-47(58)60-31-44(55)50(59)28-25-41-39-21-18-34-29-35(52)23-26-48(34,3)40(39)24-27-49(41,50)4/h6,8-11,13-14,20,22,24,29,32,36-39,41-43,53-54,59H,5,7,12,15-19,21,23,25-28,30-31H2,1-4H3,(H,51,56)/b11-6-,22-20+/t32-,36+,37-,38-,39-,41+,42+,43-,48+,49+,50+/m1/s1. The van der Waals surface area contributed by atoms with E-state index in [9.17, 15) is 39.3 Å². The van der Waals surface area contributed by atoms with Gasteiger partial charge in [-0.25, -0.2) is 9.59 Å². The molecule has 0 unspecified atom stereocenters. The number of allylic oxidation sites excluding steroid dienone is 6. The summed E-state index contributed by atoms with van der Waals surface area (Å²) in [5.74, 6) is -1.65. The first-order chi connectivity index (χ1) is 29.6. The summed E-state index contributed by atoms with van der Waals surface area (Å²) in [4.78, 5) is 64.0. The van der Waals surface area contributed by atoms with Crippen molar-refractivity contribution >= 4 is 29.6 Å². The zero-order valence-electron chi connectivity index (χ0n) is 36.9. The molecule has 1 amide bonds. The maximum atomic E-state index is 13.8. The topological polar surface area (TPSA) is 186 Å². The predicted octanol–water partition coefficient (Wildman–Crippen LogP) is 6.99. The van der Waals surface area contributed by atoms with Crippen molar-refractivity contribution in [3.63, 3.8) is 0 Å². The summed E-state index contributed by atoms with van der Waals surface area (Å²) in [5.41, 5.74) is 0.894. The lowest BCUT2D eigenvalue weighted by atomic mass is 9.50. The molecule has 338 valence electrons. The average Bonchev–Trinajstić information content (AvgIpc) is 3.69. The first-order valence-electron chi connectivity index (χ1n) is 22.8. The van der Waals surface area contributed by atoms with E-state index < -0.39 is 65.9 Å². The Balaban J connectivity index is 1.03. The van der Waals surface area contributed by atoms with Gasteiger partial charge in [-0.05, 0) is 120 Å². The van der Waals surface area contributed by atoms with Crippen molar-refractivity contribution < 1.29 is 53.5 Å². The molecule has 6 rings (SSSR count). The molecule has 0 aromatic heterocycles. The second-order valence-corrected chi connectivity index (χ2v) is 18.7. The first kappa shape index (κ1) is 47.1. The fraction of sp³-hybridized carbons (Fsp3) is 0.620. The maximum Gasteiger partial charge on any atom is 0.509 e. The second-order valence-electron chi connectivity index (χ2n) is 18.7. The van der Waals surface area contributed by atoms with E-state index in [1.165, 1.54) is 18.1 Å². The highest BCUT2D eigenvalue weighted by atomic mass is 16.7. The summed E-state index contributed by atoms with van der Waals surface area (Å²) >= 11 is 0. The van der Waals surface area contributed by atoms with Crippen LogP contribution in [0, 0.1) is 34.5 Å². The summed E-state index contributed by atoms with van der Waals surface area (Å²) in [6.07, 6.45) is 14.6. The summed E-state index contributed by atoms with van der Waals surface area (Å²) < 4.78 is 16.4. The van der Waals surface area contributed by atoms with Gasteiger partial charge in [0.1, 0.15) is 11.7 Å². The van der Waals surface area contributed by atoms with Crippen LogP contribution in [0.1, 0.15) is 117 Å². The van der Waals surface area contributed by atoms with Crippen LogP contribution in [0.25, 0.3) is 0 Å². The molecule has 1 aromatic rings. The van der Waals surface area contributed by atoms with Crippen molar-refractivity contribution in [2.75, 3.05) is 13.2 Å². The van der Waals surface area contributed by atoms with Crippen LogP contribution < -0.4 is 5.32 Å². The van der Waals surface area contributed by atoms with Crippen LogP contribution in [-0.2, 0) is 39.8 Å². The van der Waals surface area contributed by atoms with Gasteiger partial charge in [-0.2, -0.15) is 0 Å². The highest BCUT2D eigenvalue weighted by Gasteiger charge is 2.64. The molecular formula is C50H67NO11. The van der Waals surface area contributed by atoms with Crippen molar-refractivity contribution in [3.8, 4) is 0 Å². The number of hydrogen-bond donors (Lipinski definition) is 4. The van der Waals surface area contributed by atoms with Crippen LogP contribution >= 0.6 is 0 Å². The fourth-order valence-corrected chi connectivity index (χ4v) is 11.2. The molecule has 0 bridgehead atoms. The van der Waals surface area contributed by atoms with Crippen LogP contribution in [0.15, 0.2) is 77.9 Å². The molecule has 5 aliphatic carbocycles. The molecule has 3 fully saturated rings. The minimum atomic E-state index is -1.71. The van der Waals surface area contributed by atoms with Gasteiger partial charge in [-0.3, -0.25) is 14.4 Å². The minimum absolute atomic E-state index is 0.0188. The number of nitrogens with one attached hydrogen (secondary N) is 1. The molecule has 1 aromatic carbocycles. The van der Waals surface area contributed by atoms with Gasteiger partial charge in [-0.1, -0.05) is 79.6 Å². The molecule has 0 radical (unpaired) electrons. The van der Waals surface area contributed by atoms with E-state index >= 15 is 0 Å². The maximum absolute atomic E-state index is 13.8. The van der Waals surface area contributed by atoms with Gasteiger partial charge in [0.15, 0.2) is 18.5 Å². The summed E-state index contributed by atoms with van der Waals surface area (Å²) in [6, 6.07) is 9.69. The Morgan fingerprint density at radius 2 is 1.77 bits per heavy atom. The SMILES string of the molecule is CCNC(=O)CCC/C=C\C[C@@H]1[C@@H](/C=C/[C@H](CCc2ccccc2)OC(=O)[C@@H](C)OC(=O)OCC(=O)[C@@]2(O)CC[C@H]3[C@@H]4CCC5=CC(=O)CC[C@]5(C)C4=CC[C@@]32C)[C@H](O)C[C@@H]1O. The van der Waals surface area contributed by atoms with Crippen LogP contribution in [0.2, 0.25) is 0 Å². The number of ketones is 2. The minimum Gasteiger partial charge on any atom is -0.455 e. The van der Waals surface area contributed by atoms with Gasteiger partial charge >= 0.3 is 12.1 Å². The number of unbranched alkanes of at least 4 members (excludes halogenated alkanes) is 1. The summed E-state index contributed by atoms with van der Waals surface area (Å²) in [5, 5.41) is 36.6. The third kappa shape index (κ3) is 10.3. The van der Waals surface area contributed by atoms with E-state index in [0.29, 0.717) is 57.9 Å². The Morgan fingerprint density at radius 1 is 1.00 bits per heavy atom. The number of hydrogen-bond acceptors (Lipinski definition) is 11. The van der Waals surface area contributed by atoms with Crippen molar-refractivity contribution in [2.45, 2.75) is 148 Å². The number of esters is 1. The van der Waals surface area contributed by atoms with Gasteiger partial charge < -0.3 is 34.8 Å². The number of carbonyl (C=O) groups excluding carboxylic acids is 5. The van der Waals surface area contributed by atoms with Crippen molar-refractivity contribution in [3.05, 3.63) is 83.5 Å². The molecule has 12 heteroatoms. The molecule has 12 nitrogen and oxygen atoms in total. The zero-order valence-corrected chi connectivity index (χ0v) is 36.9. The van der Waals surface area contributed by atoms with Crippen molar-refractivity contribution in [1.29, 1.82) is 0 Å². The molecule has 0 saturated heterocycles. The molecule has 4 N–H and O–H groups in total. The Morgan fingerprint density at radius 3 is 2.53 bits per heavy atom. The number of benzene rings is 1. The third-order valence-electron chi connectivity index (χ3n) is 14.9. The number of ether oxygens (including phenoxy) is 3. The largest absolute Gasteiger partial charge is 0.509 e.